The Morgan fingerprint density at radius 1 is 1.30 bits per heavy atom. The molecule has 8 heteroatoms. The minimum Gasteiger partial charge on any atom is -0.440 e. The summed E-state index contributed by atoms with van der Waals surface area (Å²) in [6.45, 7) is 4.38. The van der Waals surface area contributed by atoms with E-state index in [4.69, 9.17) is 9.15 Å². The largest absolute Gasteiger partial charge is 0.440 e. The van der Waals surface area contributed by atoms with Crippen LogP contribution in [0.4, 0.5) is 0 Å². The first-order valence-electron chi connectivity index (χ1n) is 6.46. The predicted molar refractivity (Wildman–Crippen MR) is 71.2 cm³/mol. The summed E-state index contributed by atoms with van der Waals surface area (Å²) in [6, 6.07) is 2.60. The molecule has 0 spiro atoms. The van der Waals surface area contributed by atoms with Crippen LogP contribution < -0.4 is 4.72 Å². The van der Waals surface area contributed by atoms with Crippen LogP contribution in [-0.4, -0.2) is 59.0 Å². The first kappa shape index (κ1) is 15.2. The van der Waals surface area contributed by atoms with Crippen molar-refractivity contribution in [1.82, 2.24) is 9.62 Å². The van der Waals surface area contributed by atoms with Crippen molar-refractivity contribution >= 4 is 16.3 Å². The zero-order valence-corrected chi connectivity index (χ0v) is 11.9. The van der Waals surface area contributed by atoms with Crippen LogP contribution in [-0.2, 0) is 14.8 Å². The molecule has 1 N–H and O–H groups in total. The van der Waals surface area contributed by atoms with Crippen molar-refractivity contribution in [3.05, 3.63) is 17.9 Å². The van der Waals surface area contributed by atoms with Crippen LogP contribution in [0.5, 0.6) is 0 Å². The van der Waals surface area contributed by atoms with Gasteiger partial charge in [-0.2, -0.15) is 0 Å². The lowest BCUT2D eigenvalue weighted by atomic mass is 10.3. The Hall–Kier alpha value is -1.22. The predicted octanol–water partition coefficient (Wildman–Crippen LogP) is 0.0927. The van der Waals surface area contributed by atoms with Gasteiger partial charge in [0.25, 0.3) is 10.0 Å². The number of morpholine rings is 1. The number of carbonyl (C=O) groups is 1. The van der Waals surface area contributed by atoms with E-state index in [-0.39, 0.29) is 10.9 Å². The van der Waals surface area contributed by atoms with Crippen molar-refractivity contribution in [2.75, 3.05) is 39.4 Å². The Labute approximate surface area is 117 Å². The molecule has 1 saturated heterocycles. The Kier molecular flexibility index (Phi) is 5.30. The van der Waals surface area contributed by atoms with Crippen LogP contribution in [0.1, 0.15) is 17.0 Å². The van der Waals surface area contributed by atoms with Gasteiger partial charge in [0.2, 0.25) is 5.09 Å². The third kappa shape index (κ3) is 4.14. The summed E-state index contributed by atoms with van der Waals surface area (Å²) in [5.41, 5.74) is 0. The molecule has 0 amide bonds. The zero-order valence-electron chi connectivity index (χ0n) is 11.1. The van der Waals surface area contributed by atoms with E-state index >= 15 is 0 Å². The normalized spacial score (nSPS) is 17.2. The molecule has 0 unspecified atom stereocenters. The number of aldehydes is 1. The van der Waals surface area contributed by atoms with Crippen LogP contribution in [0, 0.1) is 0 Å². The van der Waals surface area contributed by atoms with Gasteiger partial charge in [0, 0.05) is 19.6 Å². The first-order valence-corrected chi connectivity index (χ1v) is 7.95. The van der Waals surface area contributed by atoms with Gasteiger partial charge >= 0.3 is 0 Å². The number of sulfonamides is 1. The van der Waals surface area contributed by atoms with E-state index < -0.39 is 10.0 Å². The average Bonchev–Trinajstić information content (AvgIpc) is 2.95. The second-order valence-corrected chi connectivity index (χ2v) is 6.18. The highest BCUT2D eigenvalue weighted by Gasteiger charge is 2.18. The van der Waals surface area contributed by atoms with Gasteiger partial charge < -0.3 is 9.15 Å². The third-order valence-electron chi connectivity index (χ3n) is 3.03. The molecule has 2 rings (SSSR count). The Balaban J connectivity index is 1.76. The molecule has 1 aromatic heterocycles. The standard InChI is InChI=1S/C12H18N2O5S/c15-10-11-2-3-12(19-11)20(16,17)13-4-1-5-14-6-8-18-9-7-14/h2-3,10,13H,1,4-9H2. The van der Waals surface area contributed by atoms with E-state index in [0.29, 0.717) is 19.3 Å². The minimum atomic E-state index is -3.67. The lowest BCUT2D eigenvalue weighted by molar-refractivity contribution is 0.0376. The topological polar surface area (TPSA) is 88.9 Å². The van der Waals surface area contributed by atoms with Crippen molar-refractivity contribution in [3.63, 3.8) is 0 Å². The first-order chi connectivity index (χ1) is 9.62. The van der Waals surface area contributed by atoms with Gasteiger partial charge in [0.1, 0.15) is 0 Å². The number of carbonyl (C=O) groups excluding carboxylic acids is 1. The van der Waals surface area contributed by atoms with Gasteiger partial charge in [-0.05, 0) is 25.1 Å². The van der Waals surface area contributed by atoms with Gasteiger partial charge in [0.05, 0.1) is 13.2 Å². The minimum absolute atomic E-state index is 0.00121. The maximum absolute atomic E-state index is 11.9. The molecule has 0 radical (unpaired) electrons. The number of hydrogen-bond donors (Lipinski definition) is 1. The highest BCUT2D eigenvalue weighted by molar-refractivity contribution is 7.89. The van der Waals surface area contributed by atoms with Crippen LogP contribution >= 0.6 is 0 Å². The number of hydrogen-bond acceptors (Lipinski definition) is 6. The number of furan rings is 1. The van der Waals surface area contributed by atoms with Gasteiger partial charge in [-0.15, -0.1) is 0 Å². The maximum Gasteiger partial charge on any atom is 0.273 e. The van der Waals surface area contributed by atoms with Gasteiger partial charge in [-0.25, -0.2) is 13.1 Å². The fourth-order valence-electron chi connectivity index (χ4n) is 1.95. The Morgan fingerprint density at radius 3 is 2.70 bits per heavy atom. The smallest absolute Gasteiger partial charge is 0.273 e. The summed E-state index contributed by atoms with van der Waals surface area (Å²) >= 11 is 0. The fourth-order valence-corrected chi connectivity index (χ4v) is 2.96. The molecule has 7 nitrogen and oxygen atoms in total. The highest BCUT2D eigenvalue weighted by Crippen LogP contribution is 2.12. The second kappa shape index (κ2) is 6.98. The van der Waals surface area contributed by atoms with Crippen LogP contribution in [0.25, 0.3) is 0 Å². The van der Waals surface area contributed by atoms with Gasteiger partial charge in [0.15, 0.2) is 12.0 Å². The van der Waals surface area contributed by atoms with Crippen LogP contribution in [0.2, 0.25) is 0 Å². The van der Waals surface area contributed by atoms with Crippen LogP contribution in [0.3, 0.4) is 0 Å². The van der Waals surface area contributed by atoms with E-state index in [1.54, 1.807) is 0 Å². The molecule has 0 bridgehead atoms. The van der Waals surface area contributed by atoms with E-state index in [9.17, 15) is 13.2 Å². The van der Waals surface area contributed by atoms with E-state index in [1.165, 1.54) is 12.1 Å². The molecule has 20 heavy (non-hydrogen) atoms. The Bertz CT molecular complexity index is 534. The SMILES string of the molecule is O=Cc1ccc(S(=O)(=O)NCCCN2CCOCC2)o1. The van der Waals surface area contributed by atoms with E-state index in [2.05, 4.69) is 9.62 Å². The quantitative estimate of drug-likeness (QED) is 0.567. The average molecular weight is 302 g/mol. The lowest BCUT2D eigenvalue weighted by Gasteiger charge is -2.26. The Morgan fingerprint density at radius 2 is 2.05 bits per heavy atom. The molecular formula is C12H18N2O5S. The molecule has 112 valence electrons. The van der Waals surface area contributed by atoms with Crippen molar-refractivity contribution in [3.8, 4) is 0 Å². The summed E-state index contributed by atoms with van der Waals surface area (Å²) in [5.74, 6) is -0.00121. The number of rotatable bonds is 7. The summed E-state index contributed by atoms with van der Waals surface area (Å²) < 4.78 is 36.3. The summed E-state index contributed by atoms with van der Waals surface area (Å²) in [7, 11) is -3.67. The number of ether oxygens (including phenoxy) is 1. The summed E-state index contributed by atoms with van der Waals surface area (Å²) in [4.78, 5) is 12.7. The third-order valence-corrected chi connectivity index (χ3v) is 4.36. The molecule has 1 aromatic rings. The fraction of sp³-hybridized carbons (Fsp3) is 0.583. The summed E-state index contributed by atoms with van der Waals surface area (Å²) in [6.07, 6.45) is 1.18. The second-order valence-electron chi connectivity index (χ2n) is 4.48. The molecule has 0 aromatic carbocycles. The molecule has 1 aliphatic heterocycles. The van der Waals surface area contributed by atoms with Gasteiger partial charge in [-0.1, -0.05) is 0 Å². The molecule has 1 fully saturated rings. The van der Waals surface area contributed by atoms with Gasteiger partial charge in [-0.3, -0.25) is 9.69 Å². The van der Waals surface area contributed by atoms with Crippen molar-refractivity contribution in [1.29, 1.82) is 0 Å². The monoisotopic (exact) mass is 302 g/mol. The number of nitrogens with zero attached hydrogens (tertiary/aromatic N) is 1. The lowest BCUT2D eigenvalue weighted by Crippen LogP contribution is -2.38. The molecule has 2 heterocycles. The molecule has 0 aliphatic carbocycles. The summed E-state index contributed by atoms with van der Waals surface area (Å²) in [5, 5.41) is -0.231. The van der Waals surface area contributed by atoms with Crippen molar-refractivity contribution in [2.45, 2.75) is 11.5 Å². The van der Waals surface area contributed by atoms with Crippen LogP contribution in [0.15, 0.2) is 21.6 Å². The van der Waals surface area contributed by atoms with Crippen molar-refractivity contribution < 1.29 is 22.4 Å². The molecule has 0 saturated carbocycles. The molecular weight excluding hydrogens is 284 g/mol. The molecule has 1 aliphatic rings. The van der Waals surface area contributed by atoms with E-state index in [0.717, 1.165) is 32.8 Å². The molecule has 0 atom stereocenters. The van der Waals surface area contributed by atoms with E-state index in [1.807, 2.05) is 0 Å². The zero-order chi connectivity index (χ0) is 14.4. The number of nitrogens with one attached hydrogen (secondary N) is 1. The highest BCUT2D eigenvalue weighted by atomic mass is 32.2. The van der Waals surface area contributed by atoms with Crippen molar-refractivity contribution in [2.24, 2.45) is 0 Å². The maximum atomic E-state index is 11.9.